The molecule has 0 radical (unpaired) electrons. The smallest absolute Gasteiger partial charge is 0.391 e. The number of carbonyl (C=O) groups is 2. The molecule has 1 aromatic carbocycles. The number of hydrogen-bond acceptors (Lipinski definition) is 7. The fourth-order valence-corrected chi connectivity index (χ4v) is 5.68. The Hall–Kier alpha value is -4.03. The van der Waals surface area contributed by atoms with Crippen LogP contribution in [0.2, 0.25) is 0 Å². The van der Waals surface area contributed by atoms with Crippen molar-refractivity contribution in [3.8, 4) is 5.75 Å². The molecule has 2 amide bonds. The zero-order valence-corrected chi connectivity index (χ0v) is 24.1. The van der Waals surface area contributed by atoms with Crippen LogP contribution in [0.3, 0.4) is 0 Å². The van der Waals surface area contributed by atoms with E-state index in [1.54, 1.807) is 41.4 Å². The first-order valence-corrected chi connectivity index (χ1v) is 14.7. The van der Waals surface area contributed by atoms with Crippen molar-refractivity contribution in [2.45, 2.75) is 57.0 Å². The lowest BCUT2D eigenvalue weighted by atomic mass is 9.81. The van der Waals surface area contributed by atoms with E-state index in [1.165, 1.54) is 6.20 Å². The molecule has 2 fully saturated rings. The van der Waals surface area contributed by atoms with Gasteiger partial charge in [0.2, 0.25) is 5.91 Å². The summed E-state index contributed by atoms with van der Waals surface area (Å²) in [4.78, 5) is 36.5. The Labute approximate surface area is 253 Å². The summed E-state index contributed by atoms with van der Waals surface area (Å²) in [5, 5.41) is 2.69. The molecule has 5 rings (SSSR count). The molecule has 1 aliphatic heterocycles. The fourth-order valence-electron chi connectivity index (χ4n) is 5.68. The summed E-state index contributed by atoms with van der Waals surface area (Å²) in [5.74, 6) is -1.98. The maximum Gasteiger partial charge on any atom is 0.391 e. The van der Waals surface area contributed by atoms with Gasteiger partial charge in [-0.3, -0.25) is 9.59 Å². The van der Waals surface area contributed by atoms with E-state index in [1.807, 2.05) is 30.3 Å². The fraction of sp³-hybridized carbons (Fsp3) is 0.438. The monoisotopic (exact) mass is 612 g/mol. The minimum absolute atomic E-state index is 0.0201. The molecule has 9 nitrogen and oxygen atoms in total. The first kappa shape index (κ1) is 31.4. The third-order valence-corrected chi connectivity index (χ3v) is 8.02. The highest BCUT2D eigenvalue weighted by molar-refractivity contribution is 6.04. The summed E-state index contributed by atoms with van der Waals surface area (Å²) in [5.41, 5.74) is 1.06. The number of alkyl halides is 3. The van der Waals surface area contributed by atoms with E-state index in [4.69, 9.17) is 14.2 Å². The Balaban J connectivity index is 1.23. The number of likely N-dealkylation sites (tertiary alicyclic amines) is 1. The predicted octanol–water partition coefficient (Wildman–Crippen LogP) is 5.64. The van der Waals surface area contributed by atoms with Gasteiger partial charge in [-0.2, -0.15) is 13.2 Å². The van der Waals surface area contributed by atoms with E-state index in [-0.39, 0.29) is 69.1 Å². The number of benzene rings is 1. The zero-order valence-electron chi connectivity index (χ0n) is 24.1. The highest BCUT2D eigenvalue weighted by atomic mass is 19.4. The second-order valence-electron chi connectivity index (χ2n) is 11.0. The molecule has 1 aliphatic carbocycles. The lowest BCUT2D eigenvalue weighted by molar-refractivity contribution is -0.185. The Kier molecular flexibility index (Phi) is 10.4. The molecular weight excluding hydrogens is 577 g/mol. The molecule has 44 heavy (non-hydrogen) atoms. The van der Waals surface area contributed by atoms with Gasteiger partial charge in [-0.25, -0.2) is 9.97 Å². The number of amides is 2. The number of nitrogens with one attached hydrogen (secondary N) is 1. The maximum absolute atomic E-state index is 13.6. The van der Waals surface area contributed by atoms with Crippen LogP contribution in [0.1, 0.15) is 48.2 Å². The van der Waals surface area contributed by atoms with E-state index < -0.39 is 30.0 Å². The topological polar surface area (TPSA) is 103 Å². The van der Waals surface area contributed by atoms with Gasteiger partial charge in [0.1, 0.15) is 19.2 Å². The van der Waals surface area contributed by atoms with Crippen molar-refractivity contribution in [1.29, 1.82) is 0 Å². The van der Waals surface area contributed by atoms with Gasteiger partial charge in [0.25, 0.3) is 5.91 Å². The van der Waals surface area contributed by atoms with Crippen LogP contribution in [-0.4, -0.2) is 64.9 Å². The molecule has 2 aliphatic rings. The molecule has 3 aromatic rings. The maximum atomic E-state index is 13.6. The van der Waals surface area contributed by atoms with E-state index in [9.17, 15) is 22.8 Å². The molecule has 1 N–H and O–H groups in total. The molecule has 0 unspecified atom stereocenters. The average molecular weight is 613 g/mol. The SMILES string of the molecule is O=C(Nc1ccccn1)c1ncccc1OC[C@H]1C[C@@H](OCOCc2ccccc2)CN1C(=O)C1CCC(C(F)(F)F)CC1. The van der Waals surface area contributed by atoms with Gasteiger partial charge in [0.15, 0.2) is 11.4 Å². The summed E-state index contributed by atoms with van der Waals surface area (Å²) in [6.07, 6.45) is -0.900. The van der Waals surface area contributed by atoms with Crippen molar-refractivity contribution in [2.24, 2.45) is 11.8 Å². The number of carbonyl (C=O) groups excluding carboxylic acids is 2. The van der Waals surface area contributed by atoms with Crippen LogP contribution in [-0.2, 0) is 20.9 Å². The normalized spacial score (nSPS) is 22.0. The molecule has 2 atom stereocenters. The second kappa shape index (κ2) is 14.6. The number of anilines is 1. The Bertz CT molecular complexity index is 1370. The lowest BCUT2D eigenvalue weighted by Crippen LogP contribution is -2.44. The van der Waals surface area contributed by atoms with Crippen LogP contribution in [0.4, 0.5) is 19.0 Å². The van der Waals surface area contributed by atoms with E-state index in [0.717, 1.165) is 5.56 Å². The van der Waals surface area contributed by atoms with E-state index in [0.29, 0.717) is 18.8 Å². The van der Waals surface area contributed by atoms with Gasteiger partial charge in [-0.1, -0.05) is 36.4 Å². The van der Waals surface area contributed by atoms with Crippen LogP contribution in [0, 0.1) is 11.8 Å². The molecule has 1 saturated carbocycles. The van der Waals surface area contributed by atoms with Crippen LogP contribution < -0.4 is 10.1 Å². The van der Waals surface area contributed by atoms with Crippen molar-refractivity contribution in [3.05, 3.63) is 84.3 Å². The van der Waals surface area contributed by atoms with Gasteiger partial charge in [0.05, 0.1) is 24.7 Å². The molecule has 1 saturated heterocycles. The zero-order chi connectivity index (χ0) is 30.9. The quantitative estimate of drug-likeness (QED) is 0.221. The molecule has 0 bridgehead atoms. The first-order valence-electron chi connectivity index (χ1n) is 14.7. The van der Waals surface area contributed by atoms with Crippen molar-refractivity contribution in [1.82, 2.24) is 14.9 Å². The van der Waals surface area contributed by atoms with Crippen LogP contribution in [0.5, 0.6) is 5.75 Å². The van der Waals surface area contributed by atoms with Crippen LogP contribution in [0.15, 0.2) is 73.1 Å². The molecule has 0 spiro atoms. The Morgan fingerprint density at radius 3 is 2.41 bits per heavy atom. The first-order chi connectivity index (χ1) is 21.3. The number of rotatable bonds is 11. The summed E-state index contributed by atoms with van der Waals surface area (Å²) in [6.45, 7) is 0.701. The van der Waals surface area contributed by atoms with Gasteiger partial charge < -0.3 is 24.4 Å². The van der Waals surface area contributed by atoms with Gasteiger partial charge in [-0.15, -0.1) is 0 Å². The third kappa shape index (κ3) is 8.32. The lowest BCUT2D eigenvalue weighted by Gasteiger charge is -2.33. The molecule has 2 aromatic heterocycles. The predicted molar refractivity (Wildman–Crippen MR) is 155 cm³/mol. The van der Waals surface area contributed by atoms with Gasteiger partial charge in [-0.05, 0) is 61.9 Å². The summed E-state index contributed by atoms with van der Waals surface area (Å²) < 4.78 is 57.4. The Morgan fingerprint density at radius 2 is 1.68 bits per heavy atom. The van der Waals surface area contributed by atoms with Crippen molar-refractivity contribution < 1.29 is 37.0 Å². The highest BCUT2D eigenvalue weighted by Crippen LogP contribution is 2.40. The van der Waals surface area contributed by atoms with E-state index >= 15 is 0 Å². The second-order valence-corrected chi connectivity index (χ2v) is 11.0. The number of pyridine rings is 2. The number of halogens is 3. The van der Waals surface area contributed by atoms with Crippen LogP contribution in [0.25, 0.3) is 0 Å². The van der Waals surface area contributed by atoms with Crippen LogP contribution >= 0.6 is 0 Å². The summed E-state index contributed by atoms with van der Waals surface area (Å²) in [6, 6.07) is 17.6. The average Bonchev–Trinajstić information content (AvgIpc) is 3.45. The minimum Gasteiger partial charge on any atom is -0.489 e. The summed E-state index contributed by atoms with van der Waals surface area (Å²) >= 11 is 0. The van der Waals surface area contributed by atoms with Gasteiger partial charge >= 0.3 is 6.18 Å². The third-order valence-electron chi connectivity index (χ3n) is 8.02. The largest absolute Gasteiger partial charge is 0.489 e. The Morgan fingerprint density at radius 1 is 0.932 bits per heavy atom. The highest BCUT2D eigenvalue weighted by Gasteiger charge is 2.45. The standard InChI is InChI=1S/C32H35F3N4O5/c33-32(34,35)24-13-11-23(12-14-24)31(41)39-18-26(44-21-42-19-22-7-2-1-3-8-22)17-25(39)20-43-27-9-6-16-37-29(27)30(40)38-28-10-4-5-15-36-28/h1-10,15-16,23-26H,11-14,17-21H2,(H,36,38,40)/t23?,24?,25-,26-/m1/s1. The summed E-state index contributed by atoms with van der Waals surface area (Å²) in [7, 11) is 0. The van der Waals surface area contributed by atoms with Gasteiger partial charge in [0, 0.05) is 24.9 Å². The number of ether oxygens (including phenoxy) is 3. The minimum atomic E-state index is -4.25. The molecular formula is C32H35F3N4O5. The number of aromatic nitrogens is 2. The number of nitrogens with zero attached hydrogens (tertiary/aromatic N) is 3. The molecule has 12 heteroatoms. The number of hydrogen-bond donors (Lipinski definition) is 1. The van der Waals surface area contributed by atoms with Crippen molar-refractivity contribution in [3.63, 3.8) is 0 Å². The van der Waals surface area contributed by atoms with Crippen molar-refractivity contribution in [2.75, 3.05) is 25.3 Å². The van der Waals surface area contributed by atoms with E-state index in [2.05, 4.69) is 15.3 Å². The van der Waals surface area contributed by atoms with Crippen molar-refractivity contribution >= 4 is 17.6 Å². The molecule has 234 valence electrons. The molecule has 3 heterocycles.